The lowest BCUT2D eigenvalue weighted by molar-refractivity contribution is 0.0597. The number of fused-ring (bicyclic) bond motifs is 2. The quantitative estimate of drug-likeness (QED) is 0.266. The fourth-order valence-electron chi connectivity index (χ4n) is 4.95. The van der Waals surface area contributed by atoms with Gasteiger partial charge in [-0.2, -0.15) is 5.10 Å². The summed E-state index contributed by atoms with van der Waals surface area (Å²) in [5, 5.41) is 19.0. The van der Waals surface area contributed by atoms with Crippen molar-refractivity contribution in [3.05, 3.63) is 88.7 Å². The summed E-state index contributed by atoms with van der Waals surface area (Å²) in [7, 11) is 0. The van der Waals surface area contributed by atoms with Crippen LogP contribution >= 0.6 is 0 Å². The molecule has 0 saturated carbocycles. The van der Waals surface area contributed by atoms with Crippen molar-refractivity contribution in [1.82, 2.24) is 14.9 Å². The number of rotatable bonds is 7. The Morgan fingerprint density at radius 3 is 2.58 bits per heavy atom. The Labute approximate surface area is 208 Å². The van der Waals surface area contributed by atoms with Gasteiger partial charge < -0.3 is 14.6 Å². The summed E-state index contributed by atoms with van der Waals surface area (Å²) in [6.07, 6.45) is 0.837. The van der Waals surface area contributed by atoms with E-state index in [1.807, 2.05) is 30.3 Å². The number of ether oxygens (including phenoxy) is 2. The van der Waals surface area contributed by atoms with Crippen molar-refractivity contribution in [2.75, 3.05) is 13.3 Å². The van der Waals surface area contributed by atoms with Gasteiger partial charge in [-0.05, 0) is 45.0 Å². The molecule has 1 aliphatic heterocycles. The first-order valence-electron chi connectivity index (χ1n) is 12.0. The smallest absolute Gasteiger partial charge is 0.134 e. The normalized spacial score (nSPS) is 15.7. The lowest BCUT2D eigenvalue weighted by atomic mass is 9.97. The van der Waals surface area contributed by atoms with E-state index < -0.39 is 17.2 Å². The van der Waals surface area contributed by atoms with Gasteiger partial charge in [0.15, 0.2) is 0 Å². The van der Waals surface area contributed by atoms with Crippen LogP contribution in [0.2, 0.25) is 0 Å². The van der Waals surface area contributed by atoms with Gasteiger partial charge in [0.25, 0.3) is 0 Å². The molecule has 2 N–H and O–H groups in total. The van der Waals surface area contributed by atoms with Gasteiger partial charge in [-0.1, -0.05) is 30.3 Å². The largest absolute Gasteiger partial charge is 0.493 e. The number of aliphatic hydroxyl groups is 1. The number of hydrogen-bond donors (Lipinski definition) is 2. The van der Waals surface area contributed by atoms with Crippen molar-refractivity contribution in [3.63, 3.8) is 0 Å². The molecule has 8 heteroatoms. The molecule has 5 rings (SSSR count). The maximum absolute atomic E-state index is 14.6. The Morgan fingerprint density at radius 2 is 1.83 bits per heavy atom. The Kier molecular flexibility index (Phi) is 6.51. The third-order valence-electron chi connectivity index (χ3n) is 6.49. The summed E-state index contributed by atoms with van der Waals surface area (Å²) in [5.74, 6) is -0.441. The van der Waals surface area contributed by atoms with Crippen LogP contribution in [0.1, 0.15) is 48.8 Å². The van der Waals surface area contributed by atoms with Gasteiger partial charge >= 0.3 is 0 Å². The van der Waals surface area contributed by atoms with Crippen molar-refractivity contribution >= 4 is 5.52 Å². The molecular formula is C28H29F2N3O3. The predicted octanol–water partition coefficient (Wildman–Crippen LogP) is 5.40. The molecule has 2 aromatic carbocycles. The van der Waals surface area contributed by atoms with Crippen LogP contribution < -0.4 is 10.1 Å². The van der Waals surface area contributed by atoms with Crippen molar-refractivity contribution in [1.29, 1.82) is 0 Å². The summed E-state index contributed by atoms with van der Waals surface area (Å²) < 4.78 is 42.5. The molecule has 2 aromatic heterocycles. The van der Waals surface area contributed by atoms with Gasteiger partial charge in [0.1, 0.15) is 23.0 Å². The second-order valence-electron chi connectivity index (χ2n) is 9.54. The molecule has 4 aromatic rings. The second-order valence-corrected chi connectivity index (χ2v) is 9.54. The summed E-state index contributed by atoms with van der Waals surface area (Å²) in [4.78, 5) is 0. The van der Waals surface area contributed by atoms with Crippen LogP contribution in [0.5, 0.6) is 5.75 Å². The number of benzene rings is 2. The minimum absolute atomic E-state index is 0.123. The number of hydrogen-bond acceptors (Lipinski definition) is 5. The molecule has 0 aliphatic carbocycles. The van der Waals surface area contributed by atoms with Crippen molar-refractivity contribution in [3.8, 4) is 16.9 Å². The molecule has 0 bridgehead atoms. The molecule has 0 spiro atoms. The van der Waals surface area contributed by atoms with E-state index in [1.165, 1.54) is 18.2 Å². The molecule has 0 radical (unpaired) electrons. The van der Waals surface area contributed by atoms with Crippen LogP contribution in [0, 0.1) is 18.6 Å². The Balaban J connectivity index is 1.42. The highest BCUT2D eigenvalue weighted by molar-refractivity contribution is 5.83. The zero-order valence-electron chi connectivity index (χ0n) is 20.5. The van der Waals surface area contributed by atoms with Crippen molar-refractivity contribution < 1.29 is 23.4 Å². The number of halogens is 2. The van der Waals surface area contributed by atoms with Gasteiger partial charge in [-0.25, -0.2) is 13.3 Å². The molecule has 3 heterocycles. The highest BCUT2D eigenvalue weighted by Gasteiger charge is 2.28. The number of aromatic nitrogens is 2. The molecular weight excluding hydrogens is 464 g/mol. The molecule has 0 amide bonds. The minimum atomic E-state index is -1.28. The molecule has 6 nitrogen and oxygen atoms in total. The van der Waals surface area contributed by atoms with E-state index in [4.69, 9.17) is 9.47 Å². The molecule has 0 saturated heterocycles. The van der Waals surface area contributed by atoms with Gasteiger partial charge in [-0.3, -0.25) is 5.32 Å². The van der Waals surface area contributed by atoms with E-state index in [-0.39, 0.29) is 18.2 Å². The number of nitrogens with zero attached hydrogens (tertiary/aromatic N) is 2. The predicted molar refractivity (Wildman–Crippen MR) is 133 cm³/mol. The van der Waals surface area contributed by atoms with Crippen molar-refractivity contribution in [2.24, 2.45) is 0 Å². The SMILES string of the molecule is Cc1nn2c(C(C)(C)O)c(COCN[C@H]3CCOc4ccccc43)ccc2c1-c1c(F)cccc1F. The van der Waals surface area contributed by atoms with Crippen LogP contribution in [0.15, 0.2) is 54.6 Å². The molecule has 36 heavy (non-hydrogen) atoms. The van der Waals surface area contributed by atoms with E-state index in [0.717, 1.165) is 23.3 Å². The lowest BCUT2D eigenvalue weighted by Gasteiger charge is -2.27. The van der Waals surface area contributed by atoms with Crippen LogP contribution in [0.25, 0.3) is 16.6 Å². The average Bonchev–Trinajstić information content (AvgIpc) is 3.16. The zero-order chi connectivity index (χ0) is 25.4. The summed E-state index contributed by atoms with van der Waals surface area (Å²) in [5.41, 5.74) is 2.26. The Hall–Kier alpha value is -3.33. The van der Waals surface area contributed by atoms with Crippen LogP contribution in [-0.4, -0.2) is 28.1 Å². The first-order valence-corrected chi connectivity index (χ1v) is 12.0. The first-order chi connectivity index (χ1) is 17.3. The molecule has 0 unspecified atom stereocenters. The van der Waals surface area contributed by atoms with Crippen LogP contribution in [-0.2, 0) is 16.9 Å². The maximum Gasteiger partial charge on any atom is 0.134 e. The first kappa shape index (κ1) is 24.4. The third kappa shape index (κ3) is 4.48. The lowest BCUT2D eigenvalue weighted by Crippen LogP contribution is -2.29. The second kappa shape index (κ2) is 9.61. The topological polar surface area (TPSA) is 68.0 Å². The Morgan fingerprint density at radius 1 is 1.08 bits per heavy atom. The fraction of sp³-hybridized carbons (Fsp3) is 0.321. The van der Waals surface area contributed by atoms with Gasteiger partial charge in [0.05, 0.1) is 42.4 Å². The van der Waals surface area contributed by atoms with Crippen LogP contribution in [0.3, 0.4) is 0 Å². The van der Waals surface area contributed by atoms with E-state index >= 15 is 0 Å². The molecule has 1 atom stereocenters. The van der Waals surface area contributed by atoms with E-state index in [2.05, 4.69) is 10.4 Å². The molecule has 0 fully saturated rings. The summed E-state index contributed by atoms with van der Waals surface area (Å²) in [6, 6.07) is 15.4. The maximum atomic E-state index is 14.6. The van der Waals surface area contributed by atoms with Crippen molar-refractivity contribution in [2.45, 2.75) is 45.4 Å². The average molecular weight is 494 g/mol. The third-order valence-corrected chi connectivity index (χ3v) is 6.49. The Bertz CT molecular complexity index is 1390. The summed E-state index contributed by atoms with van der Waals surface area (Å²) in [6.45, 7) is 6.17. The molecule has 1 aliphatic rings. The van der Waals surface area contributed by atoms with E-state index in [0.29, 0.717) is 35.8 Å². The van der Waals surface area contributed by atoms with Gasteiger partial charge in [0, 0.05) is 29.2 Å². The number of pyridine rings is 1. The zero-order valence-corrected chi connectivity index (χ0v) is 20.5. The number of para-hydroxylation sites is 1. The van der Waals surface area contributed by atoms with E-state index in [1.54, 1.807) is 31.4 Å². The van der Waals surface area contributed by atoms with Gasteiger partial charge in [0.2, 0.25) is 0 Å². The van der Waals surface area contributed by atoms with Gasteiger partial charge in [-0.15, -0.1) is 0 Å². The van der Waals surface area contributed by atoms with Crippen LogP contribution in [0.4, 0.5) is 8.78 Å². The number of aryl methyl sites for hydroxylation is 1. The standard InChI is InChI=1S/C28H29F2N3O3/c1-17-25(26-20(29)8-6-9-21(26)30)23-12-11-18(27(28(2,3)34)33(23)32-17)15-35-16-31-22-13-14-36-24-10-5-4-7-19(22)24/h4-12,22,31,34H,13-16H2,1-3H3/t22-/m0/s1. The molecule has 188 valence electrons. The minimum Gasteiger partial charge on any atom is -0.493 e. The van der Waals surface area contributed by atoms with E-state index in [9.17, 15) is 13.9 Å². The number of nitrogens with one attached hydrogen (secondary N) is 1. The summed E-state index contributed by atoms with van der Waals surface area (Å²) >= 11 is 0. The highest BCUT2D eigenvalue weighted by atomic mass is 19.1. The fourth-order valence-corrected chi connectivity index (χ4v) is 4.95. The monoisotopic (exact) mass is 493 g/mol. The highest BCUT2D eigenvalue weighted by Crippen LogP contribution is 2.36.